The van der Waals surface area contributed by atoms with Gasteiger partial charge in [0.2, 0.25) is 0 Å². The monoisotopic (exact) mass is 306 g/mol. The number of aromatic amines is 2. The molecule has 1 aliphatic heterocycles. The zero-order valence-corrected chi connectivity index (χ0v) is 13.2. The summed E-state index contributed by atoms with van der Waals surface area (Å²) >= 11 is 2.11. The van der Waals surface area contributed by atoms with Crippen LogP contribution < -0.4 is 5.56 Å². The molecule has 2 N–H and O–H groups in total. The topological polar surface area (TPSA) is 64.8 Å². The predicted octanol–water partition coefficient (Wildman–Crippen LogP) is 2.36. The minimum atomic E-state index is -0.0966. The Morgan fingerprint density at radius 2 is 2.38 bits per heavy atom. The third kappa shape index (κ3) is 3.32. The average Bonchev–Trinajstić information content (AvgIpc) is 3.09. The van der Waals surface area contributed by atoms with Crippen molar-refractivity contribution in [3.05, 3.63) is 28.4 Å². The lowest BCUT2D eigenvalue weighted by Gasteiger charge is -2.15. The van der Waals surface area contributed by atoms with Gasteiger partial charge in [0.1, 0.15) is 5.52 Å². The van der Waals surface area contributed by atoms with Gasteiger partial charge in [-0.25, -0.2) is 4.98 Å². The van der Waals surface area contributed by atoms with E-state index < -0.39 is 0 Å². The van der Waals surface area contributed by atoms with Gasteiger partial charge in [-0.1, -0.05) is 13.3 Å². The summed E-state index contributed by atoms with van der Waals surface area (Å²) in [5.74, 6) is 1.28. The highest BCUT2D eigenvalue weighted by Gasteiger charge is 2.23. The smallest absolute Gasteiger partial charge is 0.275 e. The molecule has 0 saturated carbocycles. The van der Waals surface area contributed by atoms with E-state index in [0.717, 1.165) is 36.0 Å². The zero-order valence-electron chi connectivity index (χ0n) is 12.4. The second kappa shape index (κ2) is 6.66. The van der Waals surface area contributed by atoms with E-state index in [1.165, 1.54) is 31.3 Å². The number of H-pyrrole nitrogens is 2. The molecule has 6 heteroatoms. The maximum atomic E-state index is 11.7. The quantitative estimate of drug-likeness (QED) is 0.804. The number of hydrogen-bond acceptors (Lipinski definition) is 4. The van der Waals surface area contributed by atoms with E-state index in [1.807, 2.05) is 6.20 Å². The largest absolute Gasteiger partial charge is 0.355 e. The molecule has 0 bridgehead atoms. The van der Waals surface area contributed by atoms with Crippen molar-refractivity contribution in [2.75, 3.05) is 18.8 Å². The molecule has 1 aliphatic rings. The summed E-state index contributed by atoms with van der Waals surface area (Å²) in [6.07, 6.45) is 7.26. The number of aromatic nitrogens is 3. The Labute approximate surface area is 128 Å². The fourth-order valence-electron chi connectivity index (χ4n) is 2.84. The van der Waals surface area contributed by atoms with Crippen molar-refractivity contribution in [1.82, 2.24) is 19.9 Å². The first-order valence-electron chi connectivity index (χ1n) is 7.65. The second-order valence-corrected chi connectivity index (χ2v) is 7.05. The SMILES string of the molecule is CCCCS[C@@H]1CCN(Cc2c[nH]c3c(=O)[nH]cnc23)C1. The van der Waals surface area contributed by atoms with Gasteiger partial charge in [-0.15, -0.1) is 0 Å². The Kier molecular flexibility index (Phi) is 4.65. The molecule has 0 aliphatic carbocycles. The molecule has 0 amide bonds. The highest BCUT2D eigenvalue weighted by atomic mass is 32.2. The van der Waals surface area contributed by atoms with Gasteiger partial charge < -0.3 is 9.97 Å². The first-order valence-corrected chi connectivity index (χ1v) is 8.70. The van der Waals surface area contributed by atoms with Gasteiger partial charge in [0.15, 0.2) is 0 Å². The summed E-state index contributed by atoms with van der Waals surface area (Å²) in [5.41, 5.74) is 2.41. The van der Waals surface area contributed by atoms with Crippen LogP contribution in [-0.4, -0.2) is 43.9 Å². The minimum absolute atomic E-state index is 0.0966. The second-order valence-electron chi connectivity index (χ2n) is 5.64. The molecule has 1 saturated heterocycles. The van der Waals surface area contributed by atoms with Crippen molar-refractivity contribution >= 4 is 22.8 Å². The van der Waals surface area contributed by atoms with Crippen molar-refractivity contribution in [3.63, 3.8) is 0 Å². The van der Waals surface area contributed by atoms with Crippen LogP contribution in [0.2, 0.25) is 0 Å². The van der Waals surface area contributed by atoms with Crippen LogP contribution in [0.1, 0.15) is 31.7 Å². The summed E-state index contributed by atoms with van der Waals surface area (Å²) in [7, 11) is 0. The van der Waals surface area contributed by atoms with Gasteiger partial charge in [-0.2, -0.15) is 11.8 Å². The molecule has 2 aromatic heterocycles. The van der Waals surface area contributed by atoms with Crippen LogP contribution in [0.4, 0.5) is 0 Å². The van der Waals surface area contributed by atoms with E-state index >= 15 is 0 Å². The fourth-order valence-corrected chi connectivity index (χ4v) is 4.21. The number of rotatable bonds is 6. The van der Waals surface area contributed by atoms with E-state index in [1.54, 1.807) is 0 Å². The standard InChI is InChI=1S/C15H22N4OS/c1-2-3-6-21-12-4-5-19(9-12)8-11-7-16-14-13(11)17-10-18-15(14)20/h7,10,12,16H,2-6,8-9H2,1H3,(H,17,18,20)/t12-/m1/s1. The Balaban J connectivity index is 1.62. The lowest BCUT2D eigenvalue weighted by Crippen LogP contribution is -2.21. The molecule has 1 fully saturated rings. The van der Waals surface area contributed by atoms with Gasteiger partial charge in [-0.3, -0.25) is 9.69 Å². The highest BCUT2D eigenvalue weighted by molar-refractivity contribution is 7.99. The first-order chi connectivity index (χ1) is 10.3. The summed E-state index contributed by atoms with van der Waals surface area (Å²) in [4.78, 5) is 24.1. The number of likely N-dealkylation sites (tertiary alicyclic amines) is 1. The maximum Gasteiger partial charge on any atom is 0.275 e. The van der Waals surface area contributed by atoms with Crippen LogP contribution in [0.15, 0.2) is 17.3 Å². The highest BCUT2D eigenvalue weighted by Crippen LogP contribution is 2.25. The number of nitrogens with one attached hydrogen (secondary N) is 2. The first kappa shape index (κ1) is 14.7. The molecule has 21 heavy (non-hydrogen) atoms. The molecule has 2 aromatic rings. The summed E-state index contributed by atoms with van der Waals surface area (Å²) in [5, 5.41) is 0.762. The van der Waals surface area contributed by atoms with Gasteiger partial charge in [0.05, 0.1) is 11.8 Å². The van der Waals surface area contributed by atoms with E-state index in [9.17, 15) is 4.79 Å². The van der Waals surface area contributed by atoms with E-state index in [4.69, 9.17) is 0 Å². The fraction of sp³-hybridized carbons (Fsp3) is 0.600. The van der Waals surface area contributed by atoms with Crippen LogP contribution in [0.5, 0.6) is 0 Å². The Bertz CT molecular complexity index is 650. The number of hydrogen-bond donors (Lipinski definition) is 2. The van der Waals surface area contributed by atoms with Crippen LogP contribution in [-0.2, 0) is 6.54 Å². The molecule has 114 valence electrons. The molecule has 0 aromatic carbocycles. The lowest BCUT2D eigenvalue weighted by molar-refractivity contribution is 0.333. The van der Waals surface area contributed by atoms with E-state index in [2.05, 4.69) is 38.5 Å². The third-order valence-corrected chi connectivity index (χ3v) is 5.40. The molecular formula is C15H22N4OS. The number of fused-ring (bicyclic) bond motifs is 1. The zero-order chi connectivity index (χ0) is 14.7. The summed E-state index contributed by atoms with van der Waals surface area (Å²) < 4.78 is 0. The third-order valence-electron chi connectivity index (χ3n) is 4.02. The molecule has 0 spiro atoms. The van der Waals surface area contributed by atoms with Crippen LogP contribution >= 0.6 is 11.8 Å². The number of nitrogens with zero attached hydrogens (tertiary/aromatic N) is 2. The Morgan fingerprint density at radius 3 is 3.24 bits per heavy atom. The maximum absolute atomic E-state index is 11.7. The molecule has 1 atom stereocenters. The van der Waals surface area contributed by atoms with Crippen LogP contribution in [0, 0.1) is 0 Å². The Morgan fingerprint density at radius 1 is 1.48 bits per heavy atom. The molecule has 0 unspecified atom stereocenters. The van der Waals surface area contributed by atoms with E-state index in [-0.39, 0.29) is 5.56 Å². The summed E-state index contributed by atoms with van der Waals surface area (Å²) in [6, 6.07) is 0. The van der Waals surface area contributed by atoms with Gasteiger partial charge >= 0.3 is 0 Å². The molecule has 3 heterocycles. The van der Waals surface area contributed by atoms with Crippen molar-refractivity contribution in [3.8, 4) is 0 Å². The van der Waals surface area contributed by atoms with Crippen molar-refractivity contribution in [2.45, 2.75) is 38.0 Å². The van der Waals surface area contributed by atoms with E-state index in [0.29, 0.717) is 5.52 Å². The van der Waals surface area contributed by atoms with Gasteiger partial charge in [0, 0.05) is 30.1 Å². The summed E-state index contributed by atoms with van der Waals surface area (Å²) in [6.45, 7) is 5.40. The normalized spacial score (nSPS) is 19.6. The number of unbranched alkanes of at least 4 members (excludes halogenated alkanes) is 1. The predicted molar refractivity (Wildman–Crippen MR) is 87.8 cm³/mol. The molecular weight excluding hydrogens is 284 g/mol. The lowest BCUT2D eigenvalue weighted by atomic mass is 10.2. The minimum Gasteiger partial charge on any atom is -0.355 e. The van der Waals surface area contributed by atoms with Crippen LogP contribution in [0.25, 0.3) is 11.0 Å². The molecule has 3 rings (SSSR count). The molecule has 5 nitrogen and oxygen atoms in total. The van der Waals surface area contributed by atoms with Crippen molar-refractivity contribution in [2.24, 2.45) is 0 Å². The number of thioether (sulfide) groups is 1. The Hall–Kier alpha value is -1.27. The average molecular weight is 306 g/mol. The van der Waals surface area contributed by atoms with Crippen LogP contribution in [0.3, 0.4) is 0 Å². The van der Waals surface area contributed by atoms with Crippen molar-refractivity contribution in [1.29, 1.82) is 0 Å². The van der Waals surface area contributed by atoms with Gasteiger partial charge in [0.25, 0.3) is 5.56 Å². The van der Waals surface area contributed by atoms with Crippen molar-refractivity contribution < 1.29 is 0 Å². The van der Waals surface area contributed by atoms with Gasteiger partial charge in [-0.05, 0) is 25.1 Å². The molecule has 0 radical (unpaired) electrons.